The fourth-order valence-electron chi connectivity index (χ4n) is 1.29. The topological polar surface area (TPSA) is 9.23 Å². The van der Waals surface area contributed by atoms with E-state index in [-0.39, 0.29) is 0 Å². The Morgan fingerprint density at radius 1 is 1.31 bits per heavy atom. The monoisotopic (exact) mass is 218 g/mol. The first-order chi connectivity index (χ1) is 7.63. The minimum absolute atomic E-state index is 0.478. The summed E-state index contributed by atoms with van der Waals surface area (Å²) < 4.78 is 18.2. The average molecular weight is 218 g/mol. The third-order valence-corrected chi connectivity index (χ3v) is 1.99. The van der Waals surface area contributed by atoms with Crippen molar-refractivity contribution in [2.75, 3.05) is 0 Å². The molecule has 0 aliphatic carbocycles. The van der Waals surface area contributed by atoms with Gasteiger partial charge in [-0.05, 0) is 43.7 Å². The predicted octanol–water partition coefficient (Wildman–Crippen LogP) is 4.40. The van der Waals surface area contributed by atoms with Crippen LogP contribution in [-0.2, 0) is 0 Å². The maximum Gasteiger partial charge on any atom is 0.127 e. The fourth-order valence-corrected chi connectivity index (χ4v) is 1.29. The predicted molar refractivity (Wildman–Crippen MR) is 64.8 cm³/mol. The highest BCUT2D eigenvalue weighted by atomic mass is 19.1. The fraction of sp³-hybridized carbons (Fsp3) is 0.143. The Kier molecular flexibility index (Phi) is 4.52. The van der Waals surface area contributed by atoms with E-state index in [1.165, 1.54) is 6.08 Å². The molecule has 1 aromatic carbocycles. The van der Waals surface area contributed by atoms with E-state index in [2.05, 4.69) is 6.58 Å². The second-order valence-corrected chi connectivity index (χ2v) is 3.34. The normalized spacial score (nSPS) is 12.4. The minimum atomic E-state index is -0.478. The van der Waals surface area contributed by atoms with Gasteiger partial charge in [-0.25, -0.2) is 4.39 Å². The maximum atomic E-state index is 12.6. The molecule has 1 aromatic rings. The van der Waals surface area contributed by atoms with Crippen molar-refractivity contribution in [3.8, 4) is 5.75 Å². The molecular weight excluding hydrogens is 203 g/mol. The Morgan fingerprint density at radius 2 is 1.94 bits per heavy atom. The molecule has 0 aliphatic rings. The van der Waals surface area contributed by atoms with E-state index in [9.17, 15) is 4.39 Å². The molecule has 0 heterocycles. The third kappa shape index (κ3) is 3.73. The number of benzene rings is 1. The van der Waals surface area contributed by atoms with Crippen molar-refractivity contribution in [2.45, 2.75) is 13.8 Å². The molecule has 0 fully saturated rings. The molecule has 2 heteroatoms. The summed E-state index contributed by atoms with van der Waals surface area (Å²) in [5, 5.41) is 0. The van der Waals surface area contributed by atoms with Crippen LogP contribution in [0.1, 0.15) is 13.8 Å². The SMILES string of the molecule is C=C(F)/C=C(C)\C(=C/C)Oc1ccccc1. The van der Waals surface area contributed by atoms with Crippen LogP contribution in [0.5, 0.6) is 5.75 Å². The number of para-hydroxylation sites is 1. The molecule has 1 nitrogen and oxygen atoms in total. The van der Waals surface area contributed by atoms with Crippen molar-refractivity contribution in [3.05, 3.63) is 66.2 Å². The van der Waals surface area contributed by atoms with Crippen LogP contribution in [0.4, 0.5) is 4.39 Å². The van der Waals surface area contributed by atoms with Gasteiger partial charge >= 0.3 is 0 Å². The lowest BCUT2D eigenvalue weighted by Gasteiger charge is -2.09. The van der Waals surface area contributed by atoms with Crippen molar-refractivity contribution < 1.29 is 9.13 Å². The Balaban J connectivity index is 2.82. The summed E-state index contributed by atoms with van der Waals surface area (Å²) in [5.74, 6) is 0.881. The second-order valence-electron chi connectivity index (χ2n) is 3.34. The number of rotatable bonds is 4. The van der Waals surface area contributed by atoms with Gasteiger partial charge < -0.3 is 4.74 Å². The number of allylic oxidation sites excluding steroid dienone is 4. The van der Waals surface area contributed by atoms with Crippen LogP contribution >= 0.6 is 0 Å². The van der Waals surface area contributed by atoms with E-state index in [0.717, 1.165) is 5.75 Å². The summed E-state index contributed by atoms with van der Waals surface area (Å²) in [6.07, 6.45) is 3.14. The molecule has 0 spiro atoms. The largest absolute Gasteiger partial charge is 0.457 e. The highest BCUT2D eigenvalue weighted by molar-refractivity contribution is 5.33. The zero-order valence-corrected chi connectivity index (χ0v) is 9.53. The van der Waals surface area contributed by atoms with E-state index in [4.69, 9.17) is 4.74 Å². The summed E-state index contributed by atoms with van der Waals surface area (Å²) in [6, 6.07) is 9.38. The Bertz CT molecular complexity index is 416. The van der Waals surface area contributed by atoms with Gasteiger partial charge in [-0.3, -0.25) is 0 Å². The number of hydrogen-bond donors (Lipinski definition) is 0. The summed E-state index contributed by atoms with van der Waals surface area (Å²) >= 11 is 0. The molecule has 0 bridgehead atoms. The molecule has 0 aliphatic heterocycles. The molecule has 0 aromatic heterocycles. The van der Waals surface area contributed by atoms with Gasteiger partial charge in [-0.2, -0.15) is 0 Å². The van der Waals surface area contributed by atoms with Crippen molar-refractivity contribution in [1.29, 1.82) is 0 Å². The molecule has 16 heavy (non-hydrogen) atoms. The summed E-state index contributed by atoms with van der Waals surface area (Å²) in [5.41, 5.74) is 0.707. The van der Waals surface area contributed by atoms with Gasteiger partial charge in [0.1, 0.15) is 17.3 Å². The molecule has 1 rings (SSSR count). The number of hydrogen-bond acceptors (Lipinski definition) is 1. The molecule has 0 amide bonds. The van der Waals surface area contributed by atoms with Gasteiger partial charge in [0.2, 0.25) is 0 Å². The smallest absolute Gasteiger partial charge is 0.127 e. The maximum absolute atomic E-state index is 12.6. The highest BCUT2D eigenvalue weighted by Crippen LogP contribution is 2.18. The van der Waals surface area contributed by atoms with E-state index < -0.39 is 5.83 Å². The Morgan fingerprint density at radius 3 is 2.44 bits per heavy atom. The van der Waals surface area contributed by atoms with Crippen LogP contribution in [0.25, 0.3) is 0 Å². The quantitative estimate of drug-likeness (QED) is 0.537. The Hall–Kier alpha value is -1.83. The standard InChI is InChI=1S/C14H15FO/c1-4-14(11(2)10-12(3)15)16-13-8-6-5-7-9-13/h4-10H,3H2,1-2H3/b11-10-,14-4+. The van der Waals surface area contributed by atoms with Crippen molar-refractivity contribution >= 4 is 0 Å². The molecule has 0 unspecified atom stereocenters. The molecule has 0 atom stereocenters. The molecule has 84 valence electrons. The first-order valence-electron chi connectivity index (χ1n) is 5.05. The van der Waals surface area contributed by atoms with Crippen LogP contribution < -0.4 is 4.74 Å². The van der Waals surface area contributed by atoms with Gasteiger partial charge in [-0.1, -0.05) is 24.8 Å². The van der Waals surface area contributed by atoms with Crippen LogP contribution in [0.2, 0.25) is 0 Å². The van der Waals surface area contributed by atoms with E-state index in [1.54, 1.807) is 13.0 Å². The van der Waals surface area contributed by atoms with Gasteiger partial charge in [0.15, 0.2) is 0 Å². The van der Waals surface area contributed by atoms with Crippen LogP contribution in [0, 0.1) is 0 Å². The van der Waals surface area contributed by atoms with E-state index >= 15 is 0 Å². The summed E-state index contributed by atoms with van der Waals surface area (Å²) in [7, 11) is 0. The van der Waals surface area contributed by atoms with Crippen LogP contribution in [0.3, 0.4) is 0 Å². The minimum Gasteiger partial charge on any atom is -0.457 e. The number of ether oxygens (including phenoxy) is 1. The highest BCUT2D eigenvalue weighted by Gasteiger charge is 2.02. The van der Waals surface area contributed by atoms with E-state index in [1.807, 2.05) is 37.3 Å². The zero-order valence-electron chi connectivity index (χ0n) is 9.53. The molecule has 0 N–H and O–H groups in total. The number of halogens is 1. The van der Waals surface area contributed by atoms with Crippen molar-refractivity contribution in [2.24, 2.45) is 0 Å². The molecular formula is C14H15FO. The van der Waals surface area contributed by atoms with Gasteiger partial charge in [-0.15, -0.1) is 0 Å². The lowest BCUT2D eigenvalue weighted by Crippen LogP contribution is -1.96. The van der Waals surface area contributed by atoms with Crippen LogP contribution in [0.15, 0.2) is 66.2 Å². The first kappa shape index (κ1) is 12.2. The van der Waals surface area contributed by atoms with Gasteiger partial charge in [0.25, 0.3) is 0 Å². The second kappa shape index (κ2) is 5.91. The zero-order chi connectivity index (χ0) is 12.0. The van der Waals surface area contributed by atoms with Crippen molar-refractivity contribution in [3.63, 3.8) is 0 Å². The average Bonchev–Trinajstić information content (AvgIpc) is 2.26. The Labute approximate surface area is 95.6 Å². The summed E-state index contributed by atoms with van der Waals surface area (Å²) in [4.78, 5) is 0. The van der Waals surface area contributed by atoms with Crippen molar-refractivity contribution in [1.82, 2.24) is 0 Å². The lowest BCUT2D eigenvalue weighted by atomic mass is 10.2. The lowest BCUT2D eigenvalue weighted by molar-refractivity contribution is 0.434. The van der Waals surface area contributed by atoms with E-state index in [0.29, 0.717) is 11.3 Å². The molecule has 0 saturated heterocycles. The third-order valence-electron chi connectivity index (χ3n) is 1.99. The van der Waals surface area contributed by atoms with Crippen LogP contribution in [-0.4, -0.2) is 0 Å². The van der Waals surface area contributed by atoms with Gasteiger partial charge in [0.05, 0.1) is 0 Å². The summed E-state index contributed by atoms with van der Waals surface area (Å²) in [6.45, 7) is 6.82. The molecule has 0 radical (unpaired) electrons. The molecule has 0 saturated carbocycles. The van der Waals surface area contributed by atoms with Gasteiger partial charge in [0, 0.05) is 0 Å². The first-order valence-corrected chi connectivity index (χ1v) is 5.05.